The van der Waals surface area contributed by atoms with E-state index in [-0.39, 0.29) is 0 Å². The third-order valence-corrected chi connectivity index (χ3v) is 4.91. The predicted molar refractivity (Wildman–Crippen MR) is 76.2 cm³/mol. The molecule has 1 aromatic rings. The van der Waals surface area contributed by atoms with Crippen LogP contribution in [0.4, 0.5) is 0 Å². The van der Waals surface area contributed by atoms with Crippen LogP contribution in [0.25, 0.3) is 0 Å². The Balaban J connectivity index is 1.92. The van der Waals surface area contributed by atoms with Crippen molar-refractivity contribution < 1.29 is 0 Å². The maximum atomic E-state index is 5.72. The van der Waals surface area contributed by atoms with E-state index >= 15 is 0 Å². The van der Waals surface area contributed by atoms with Crippen molar-refractivity contribution in [2.24, 2.45) is 0 Å². The number of aromatic nitrogens is 1. The van der Waals surface area contributed by atoms with Crippen molar-refractivity contribution in [1.82, 2.24) is 4.98 Å². The van der Waals surface area contributed by atoms with E-state index in [1.54, 1.807) is 0 Å². The number of halogens is 1. The van der Waals surface area contributed by atoms with Crippen molar-refractivity contribution in [2.45, 2.75) is 63.7 Å². The predicted octanol–water partition coefficient (Wildman–Crippen LogP) is 5.14. The Morgan fingerprint density at radius 2 is 1.88 bits per heavy atom. The lowest BCUT2D eigenvalue weighted by Gasteiger charge is -2.17. The van der Waals surface area contributed by atoms with Gasteiger partial charge in [-0.1, -0.05) is 32.1 Å². The van der Waals surface area contributed by atoms with E-state index in [4.69, 9.17) is 16.6 Å². The van der Waals surface area contributed by atoms with Gasteiger partial charge in [0.1, 0.15) is 0 Å². The minimum Gasteiger partial charge on any atom is -0.246 e. The summed E-state index contributed by atoms with van der Waals surface area (Å²) in [4.78, 5) is 4.80. The van der Waals surface area contributed by atoms with Crippen molar-refractivity contribution >= 4 is 22.9 Å². The van der Waals surface area contributed by atoms with Gasteiger partial charge >= 0.3 is 0 Å². The second-order valence-electron chi connectivity index (χ2n) is 5.01. The average Bonchev–Trinajstić information content (AvgIpc) is 2.74. The molecule has 0 saturated heterocycles. The third-order valence-electron chi connectivity index (χ3n) is 3.59. The van der Waals surface area contributed by atoms with Crippen LogP contribution in [0.3, 0.4) is 0 Å². The zero-order valence-corrected chi connectivity index (χ0v) is 12.0. The molecule has 1 fully saturated rings. The zero-order valence-electron chi connectivity index (χ0n) is 10.5. The van der Waals surface area contributed by atoms with E-state index in [1.807, 2.05) is 11.3 Å². The molecular formula is C14H22ClNS. The summed E-state index contributed by atoms with van der Waals surface area (Å²) in [5.74, 6) is 1.49. The quantitative estimate of drug-likeness (QED) is 0.691. The largest absolute Gasteiger partial charge is 0.246 e. The minimum atomic E-state index is 0.741. The first-order chi connectivity index (χ1) is 8.40. The first-order valence-corrected chi connectivity index (χ1v) is 8.32. The molecule has 17 heavy (non-hydrogen) atoms. The summed E-state index contributed by atoms with van der Waals surface area (Å²) >= 11 is 7.59. The summed E-state index contributed by atoms with van der Waals surface area (Å²) in [6.07, 6.45) is 11.9. The van der Waals surface area contributed by atoms with E-state index in [9.17, 15) is 0 Å². The lowest BCUT2D eigenvalue weighted by molar-refractivity contribution is 0.454. The fourth-order valence-corrected chi connectivity index (χ4v) is 3.74. The molecular weight excluding hydrogens is 250 g/mol. The van der Waals surface area contributed by atoms with Crippen molar-refractivity contribution in [1.29, 1.82) is 0 Å². The van der Waals surface area contributed by atoms with Crippen molar-refractivity contribution in [3.63, 3.8) is 0 Å². The number of hydrogen-bond donors (Lipinski definition) is 0. The molecule has 0 N–H and O–H groups in total. The van der Waals surface area contributed by atoms with Gasteiger partial charge in [0, 0.05) is 17.2 Å². The molecule has 96 valence electrons. The molecule has 0 unspecified atom stereocenters. The monoisotopic (exact) mass is 271 g/mol. The molecule has 0 spiro atoms. The van der Waals surface area contributed by atoms with Crippen LogP contribution in [0.5, 0.6) is 0 Å². The standard InChI is InChI=1S/C14H22ClNS/c15-10-6-9-13-11-17-14(16-13)12-7-4-2-1-3-5-8-12/h11-12H,1-10H2. The molecule has 0 radical (unpaired) electrons. The van der Waals surface area contributed by atoms with E-state index in [0.29, 0.717) is 0 Å². The summed E-state index contributed by atoms with van der Waals surface area (Å²) in [6.45, 7) is 0. The van der Waals surface area contributed by atoms with E-state index in [2.05, 4.69) is 5.38 Å². The number of hydrogen-bond acceptors (Lipinski definition) is 2. The Labute approximate surface area is 114 Å². The van der Waals surface area contributed by atoms with Gasteiger partial charge in [0.2, 0.25) is 0 Å². The van der Waals surface area contributed by atoms with Gasteiger partial charge < -0.3 is 0 Å². The second kappa shape index (κ2) is 7.38. The second-order valence-corrected chi connectivity index (χ2v) is 6.28. The molecule has 0 aromatic carbocycles. The van der Waals surface area contributed by atoms with Gasteiger partial charge in [-0.3, -0.25) is 0 Å². The maximum Gasteiger partial charge on any atom is 0.0959 e. The normalized spacial score (nSPS) is 18.9. The minimum absolute atomic E-state index is 0.741. The van der Waals surface area contributed by atoms with E-state index in [1.165, 1.54) is 55.6 Å². The topological polar surface area (TPSA) is 12.9 Å². The van der Waals surface area contributed by atoms with Crippen LogP contribution in [0.15, 0.2) is 5.38 Å². The Kier molecular flexibility index (Phi) is 5.79. The van der Waals surface area contributed by atoms with Crippen molar-refractivity contribution in [2.75, 3.05) is 5.88 Å². The molecule has 1 aliphatic carbocycles. The van der Waals surface area contributed by atoms with Gasteiger partial charge in [-0.15, -0.1) is 22.9 Å². The van der Waals surface area contributed by atoms with Gasteiger partial charge in [-0.2, -0.15) is 0 Å². The molecule has 1 saturated carbocycles. The zero-order chi connectivity index (χ0) is 11.9. The summed E-state index contributed by atoms with van der Waals surface area (Å²) in [5.41, 5.74) is 1.26. The Morgan fingerprint density at radius 1 is 1.18 bits per heavy atom. The van der Waals surface area contributed by atoms with Gasteiger partial charge in [0.25, 0.3) is 0 Å². The Hall–Kier alpha value is -0.0800. The summed E-state index contributed by atoms with van der Waals surface area (Å²) in [6, 6.07) is 0. The lowest BCUT2D eigenvalue weighted by atomic mass is 9.92. The third kappa shape index (κ3) is 4.26. The van der Waals surface area contributed by atoms with Crippen LogP contribution in [0.2, 0.25) is 0 Å². The molecule has 1 aliphatic rings. The van der Waals surface area contributed by atoms with Gasteiger partial charge in [-0.05, 0) is 25.7 Å². The molecule has 1 aromatic heterocycles. The summed E-state index contributed by atoms with van der Waals surface area (Å²) in [5, 5.41) is 3.62. The van der Waals surface area contributed by atoms with Crippen LogP contribution < -0.4 is 0 Å². The SMILES string of the molecule is ClCCCc1csc(C2CCCCCCC2)n1. The highest BCUT2D eigenvalue weighted by Crippen LogP contribution is 2.32. The van der Waals surface area contributed by atoms with Crippen LogP contribution in [0.1, 0.15) is 68.0 Å². The first-order valence-electron chi connectivity index (χ1n) is 6.90. The molecule has 1 nitrogen and oxygen atoms in total. The van der Waals surface area contributed by atoms with Crippen LogP contribution in [-0.4, -0.2) is 10.9 Å². The summed E-state index contributed by atoms with van der Waals surface area (Å²) in [7, 11) is 0. The molecule has 1 heterocycles. The van der Waals surface area contributed by atoms with Gasteiger partial charge in [0.15, 0.2) is 0 Å². The number of nitrogens with zero attached hydrogens (tertiary/aromatic N) is 1. The van der Waals surface area contributed by atoms with Crippen LogP contribution in [-0.2, 0) is 6.42 Å². The number of thiazole rings is 1. The van der Waals surface area contributed by atoms with Crippen LogP contribution in [0, 0.1) is 0 Å². The number of rotatable bonds is 4. The summed E-state index contributed by atoms with van der Waals surface area (Å²) < 4.78 is 0. The molecule has 3 heteroatoms. The number of aryl methyl sites for hydroxylation is 1. The van der Waals surface area contributed by atoms with E-state index < -0.39 is 0 Å². The fraction of sp³-hybridized carbons (Fsp3) is 0.786. The lowest BCUT2D eigenvalue weighted by Crippen LogP contribution is -2.02. The molecule has 0 atom stereocenters. The highest BCUT2D eigenvalue weighted by molar-refractivity contribution is 7.09. The highest BCUT2D eigenvalue weighted by atomic mass is 35.5. The maximum absolute atomic E-state index is 5.72. The molecule has 0 aliphatic heterocycles. The van der Waals surface area contributed by atoms with E-state index in [0.717, 1.165) is 24.6 Å². The average molecular weight is 272 g/mol. The molecule has 0 bridgehead atoms. The highest BCUT2D eigenvalue weighted by Gasteiger charge is 2.16. The van der Waals surface area contributed by atoms with Gasteiger partial charge in [-0.25, -0.2) is 4.98 Å². The Morgan fingerprint density at radius 3 is 2.59 bits per heavy atom. The first kappa shape index (κ1) is 13.4. The Bertz CT molecular complexity index is 316. The fourth-order valence-electron chi connectivity index (χ4n) is 2.58. The van der Waals surface area contributed by atoms with Gasteiger partial charge in [0.05, 0.1) is 10.7 Å². The van der Waals surface area contributed by atoms with Crippen LogP contribution >= 0.6 is 22.9 Å². The molecule has 0 amide bonds. The number of alkyl halides is 1. The van der Waals surface area contributed by atoms with Crippen molar-refractivity contribution in [3.8, 4) is 0 Å². The molecule has 2 rings (SSSR count). The smallest absolute Gasteiger partial charge is 0.0959 e. The van der Waals surface area contributed by atoms with Crippen molar-refractivity contribution in [3.05, 3.63) is 16.1 Å².